The van der Waals surface area contributed by atoms with Crippen LogP contribution in [0.15, 0.2) is 87.4 Å². The lowest BCUT2D eigenvalue weighted by molar-refractivity contribution is 0.0629. The number of aliphatic hydroxyl groups is 1. The number of aromatic nitrogens is 2. The monoisotopic (exact) mass is 508 g/mol. The fourth-order valence-corrected chi connectivity index (χ4v) is 4.78. The molecule has 36 heavy (non-hydrogen) atoms. The zero-order valence-electron chi connectivity index (χ0n) is 19.5. The fraction of sp³-hybridized carbons (Fsp3) is 0.167. The predicted molar refractivity (Wildman–Crippen MR) is 136 cm³/mol. The Hall–Kier alpha value is -3.97. The maximum absolute atomic E-state index is 12.9. The van der Waals surface area contributed by atoms with Crippen LogP contribution in [0, 0.1) is 4.91 Å². The van der Waals surface area contributed by atoms with Crippen molar-refractivity contribution in [2.45, 2.75) is 12.6 Å². The van der Waals surface area contributed by atoms with Crippen molar-refractivity contribution in [3.63, 3.8) is 0 Å². The van der Waals surface area contributed by atoms with Gasteiger partial charge in [0.15, 0.2) is 6.23 Å². The molecule has 2 aromatic carbocycles. The van der Waals surface area contributed by atoms with Crippen LogP contribution in [0.25, 0.3) is 22.8 Å². The second-order valence-electron chi connectivity index (χ2n) is 8.10. The molecule has 11 nitrogen and oxygen atoms in total. The number of rotatable bonds is 8. The van der Waals surface area contributed by atoms with Gasteiger partial charge in [0.25, 0.3) is 15.9 Å². The molecule has 0 radical (unpaired) electrons. The van der Waals surface area contributed by atoms with E-state index < -0.39 is 16.3 Å². The molecular formula is C24H24N6O5S. The molecule has 1 heterocycles. The number of hydrazine groups is 1. The van der Waals surface area contributed by atoms with E-state index in [2.05, 4.69) is 15.3 Å². The minimum atomic E-state index is -4.13. The summed E-state index contributed by atoms with van der Waals surface area (Å²) in [7, 11) is -0.533. The van der Waals surface area contributed by atoms with Gasteiger partial charge in [0.05, 0.1) is 10.6 Å². The minimum Gasteiger partial charge on any atom is -0.376 e. The Morgan fingerprint density at radius 1 is 1.11 bits per heavy atom. The van der Waals surface area contributed by atoms with Crippen LogP contribution in [0.1, 0.15) is 18.2 Å². The van der Waals surface area contributed by atoms with Crippen molar-refractivity contribution < 1.29 is 18.0 Å². The highest BCUT2D eigenvalue weighted by molar-refractivity contribution is 7.92. The van der Waals surface area contributed by atoms with Crippen LogP contribution in [0.2, 0.25) is 0 Å². The van der Waals surface area contributed by atoms with Gasteiger partial charge < -0.3 is 14.5 Å². The lowest BCUT2D eigenvalue weighted by atomic mass is 10.1. The van der Waals surface area contributed by atoms with E-state index in [1.807, 2.05) is 0 Å². The summed E-state index contributed by atoms with van der Waals surface area (Å²) in [4.78, 5) is 17.4. The number of nitroso groups, excluding NO2 is 1. The Kier molecular flexibility index (Phi) is 7.22. The van der Waals surface area contributed by atoms with Crippen molar-refractivity contribution in [3.8, 4) is 22.8 Å². The lowest BCUT2D eigenvalue weighted by Crippen LogP contribution is -2.41. The average Bonchev–Trinajstić information content (AvgIpc) is 3.22. The van der Waals surface area contributed by atoms with Gasteiger partial charge in [-0.15, -0.1) is 9.32 Å². The van der Waals surface area contributed by atoms with Crippen molar-refractivity contribution in [1.82, 2.24) is 14.6 Å². The maximum atomic E-state index is 12.9. The number of hydrogen-bond donors (Lipinski definition) is 2. The third kappa shape index (κ3) is 5.02. The van der Waals surface area contributed by atoms with Gasteiger partial charge in [0.1, 0.15) is 5.69 Å². The number of anilines is 1. The number of sulfonamides is 1. The predicted octanol–water partition coefficient (Wildman–Crippen LogP) is 3.76. The highest BCUT2D eigenvalue weighted by atomic mass is 32.2. The summed E-state index contributed by atoms with van der Waals surface area (Å²) in [6.45, 7) is 0. The summed E-state index contributed by atoms with van der Waals surface area (Å²) >= 11 is 0. The molecule has 0 bridgehead atoms. The van der Waals surface area contributed by atoms with Gasteiger partial charge in [-0.05, 0) is 41.1 Å². The molecule has 1 atom stereocenters. The van der Waals surface area contributed by atoms with E-state index in [0.29, 0.717) is 21.2 Å². The first kappa shape index (κ1) is 25.1. The van der Waals surface area contributed by atoms with Crippen molar-refractivity contribution in [2.75, 3.05) is 19.0 Å². The molecule has 0 saturated carbocycles. The average molecular weight is 509 g/mol. The normalized spacial score (nSPS) is 14.4. The largest absolute Gasteiger partial charge is 0.376 e. The van der Waals surface area contributed by atoms with E-state index in [9.17, 15) is 18.4 Å². The molecule has 186 valence electrons. The summed E-state index contributed by atoms with van der Waals surface area (Å²) in [6, 6.07) is 11.3. The highest BCUT2D eigenvalue weighted by Crippen LogP contribution is 2.33. The van der Waals surface area contributed by atoms with Crippen LogP contribution >= 0.6 is 0 Å². The Balaban J connectivity index is 1.60. The van der Waals surface area contributed by atoms with Crippen molar-refractivity contribution >= 4 is 21.4 Å². The van der Waals surface area contributed by atoms with E-state index in [0.717, 1.165) is 0 Å². The number of nitrogens with zero attached hydrogens (tertiary/aromatic N) is 5. The maximum Gasteiger partial charge on any atom is 0.258 e. The van der Waals surface area contributed by atoms with Gasteiger partial charge in [0, 0.05) is 31.6 Å². The van der Waals surface area contributed by atoms with Gasteiger partial charge in [0.2, 0.25) is 5.82 Å². The van der Waals surface area contributed by atoms with Gasteiger partial charge >= 0.3 is 0 Å². The molecule has 1 aliphatic carbocycles. The SMILES string of the molecule is CN(C)c1ccc(-c2nc(-c3cccc(C(O)N(N)S(=O)(=O)C4=CC=CC=CC4)c3)no2)cc1N=O. The smallest absolute Gasteiger partial charge is 0.258 e. The summed E-state index contributed by atoms with van der Waals surface area (Å²) in [5.41, 5.74) is 2.05. The summed E-state index contributed by atoms with van der Waals surface area (Å²) in [5.74, 6) is 6.22. The molecule has 0 spiro atoms. The van der Waals surface area contributed by atoms with E-state index in [4.69, 9.17) is 10.4 Å². The lowest BCUT2D eigenvalue weighted by Gasteiger charge is -2.24. The van der Waals surface area contributed by atoms with Gasteiger partial charge in [-0.25, -0.2) is 8.42 Å². The molecule has 0 amide bonds. The Labute approximate surface area is 207 Å². The molecule has 0 saturated heterocycles. The second kappa shape index (κ2) is 10.3. The van der Waals surface area contributed by atoms with Crippen molar-refractivity contribution in [2.24, 2.45) is 11.0 Å². The quantitative estimate of drug-likeness (QED) is 0.200. The Bertz CT molecular complexity index is 1480. The zero-order chi connectivity index (χ0) is 25.9. The topological polar surface area (TPSA) is 155 Å². The Morgan fingerprint density at radius 3 is 2.67 bits per heavy atom. The van der Waals surface area contributed by atoms with Crippen LogP contribution in [0.4, 0.5) is 11.4 Å². The summed E-state index contributed by atoms with van der Waals surface area (Å²) in [6.07, 6.45) is 6.64. The Morgan fingerprint density at radius 2 is 1.92 bits per heavy atom. The van der Waals surface area contributed by atoms with Crippen LogP contribution in [-0.2, 0) is 10.0 Å². The molecule has 3 N–H and O–H groups in total. The molecule has 4 rings (SSSR count). The number of allylic oxidation sites excluding steroid dienone is 6. The van der Waals surface area contributed by atoms with E-state index in [1.54, 1.807) is 73.6 Å². The molecule has 0 aliphatic heterocycles. The molecule has 3 aromatic rings. The molecular weight excluding hydrogens is 484 g/mol. The minimum absolute atomic E-state index is 0.0532. The van der Waals surface area contributed by atoms with Crippen LogP contribution in [0.3, 0.4) is 0 Å². The second-order valence-corrected chi connectivity index (χ2v) is 9.99. The first-order valence-electron chi connectivity index (χ1n) is 10.8. The van der Waals surface area contributed by atoms with Crippen LogP contribution < -0.4 is 10.7 Å². The first-order valence-corrected chi connectivity index (χ1v) is 12.2. The zero-order valence-corrected chi connectivity index (χ0v) is 20.3. The van der Waals surface area contributed by atoms with E-state index >= 15 is 0 Å². The number of aliphatic hydroxyl groups excluding tert-OH is 1. The molecule has 1 aromatic heterocycles. The van der Waals surface area contributed by atoms with Crippen molar-refractivity contribution in [3.05, 3.63) is 88.2 Å². The summed E-state index contributed by atoms with van der Waals surface area (Å²) < 4.78 is 31.6. The van der Waals surface area contributed by atoms with E-state index in [1.165, 1.54) is 18.2 Å². The first-order chi connectivity index (χ1) is 17.2. The van der Waals surface area contributed by atoms with Gasteiger partial charge in [-0.2, -0.15) is 4.98 Å². The third-order valence-electron chi connectivity index (χ3n) is 5.48. The van der Waals surface area contributed by atoms with Gasteiger partial charge in [-0.3, -0.25) is 5.84 Å². The number of hydrogen-bond acceptors (Lipinski definition) is 10. The van der Waals surface area contributed by atoms with Crippen molar-refractivity contribution in [1.29, 1.82) is 0 Å². The third-order valence-corrected chi connectivity index (χ3v) is 7.20. The van der Waals surface area contributed by atoms with Crippen LogP contribution in [0.5, 0.6) is 0 Å². The highest BCUT2D eigenvalue weighted by Gasteiger charge is 2.30. The standard InChI is InChI=1S/C24H24N6O5S/c1-29(2)21-13-12-17(15-20(21)27-32)23-26-22(28-35-23)16-8-7-9-18(14-16)24(31)30(25)36(33,34)19-10-5-3-4-6-11-19/h3-10,12-15,24,31H,11,25H2,1-2H3. The molecule has 0 fully saturated rings. The van der Waals surface area contributed by atoms with E-state index in [-0.39, 0.29) is 34.3 Å². The molecule has 1 unspecified atom stereocenters. The fourth-order valence-electron chi connectivity index (χ4n) is 3.57. The molecule has 12 heteroatoms. The number of benzene rings is 2. The summed E-state index contributed by atoms with van der Waals surface area (Å²) in [5, 5.41) is 17.8. The van der Waals surface area contributed by atoms with Gasteiger partial charge in [-0.1, -0.05) is 47.7 Å². The molecule has 1 aliphatic rings. The van der Waals surface area contributed by atoms with Crippen LogP contribution in [-0.4, -0.2) is 42.2 Å². The number of nitrogens with two attached hydrogens (primary N) is 1.